The second-order valence-electron chi connectivity index (χ2n) is 9.19. The van der Waals surface area contributed by atoms with Crippen molar-refractivity contribution in [2.75, 3.05) is 13.7 Å². The Morgan fingerprint density at radius 1 is 1.22 bits per heavy atom. The fourth-order valence-corrected chi connectivity index (χ4v) is 5.42. The number of aromatic nitrogens is 2. The predicted octanol–water partition coefficient (Wildman–Crippen LogP) is 2.84. The first kappa shape index (κ1) is 22.2. The van der Waals surface area contributed by atoms with E-state index in [1.54, 1.807) is 6.92 Å². The lowest BCUT2D eigenvalue weighted by atomic mass is 9.53. The zero-order valence-electron chi connectivity index (χ0n) is 18.4. The minimum atomic E-state index is -1.16. The molecule has 3 saturated carbocycles. The average molecular weight is 445 g/mol. The second kappa shape index (κ2) is 8.18. The number of carboxylic acids is 1. The number of fused-ring (bicyclic) bond motifs is 4. The van der Waals surface area contributed by atoms with Crippen molar-refractivity contribution in [3.63, 3.8) is 0 Å². The maximum Gasteiger partial charge on any atom is 0.335 e. The van der Waals surface area contributed by atoms with Crippen LogP contribution in [-0.2, 0) is 25.5 Å². The van der Waals surface area contributed by atoms with E-state index in [4.69, 9.17) is 4.74 Å². The zero-order valence-corrected chi connectivity index (χ0v) is 18.4. The molecule has 8 nitrogen and oxygen atoms in total. The number of rotatable bonds is 6. The third kappa shape index (κ3) is 3.63. The van der Waals surface area contributed by atoms with Gasteiger partial charge in [0.1, 0.15) is 5.70 Å². The molecule has 9 heteroatoms. The third-order valence-electron chi connectivity index (χ3n) is 7.62. The summed E-state index contributed by atoms with van der Waals surface area (Å²) in [5.74, 6) is -2.36. The van der Waals surface area contributed by atoms with Gasteiger partial charge in [0.25, 0.3) is 5.91 Å². The Balaban J connectivity index is 1.55. The Hall–Kier alpha value is -2.97. The fraction of sp³-hybridized carbons (Fsp3) is 0.565. The highest BCUT2D eigenvalue weighted by Crippen LogP contribution is 2.57. The van der Waals surface area contributed by atoms with E-state index < -0.39 is 23.1 Å². The number of hydrogen-bond acceptors (Lipinski definition) is 5. The number of hydrogen-bond donors (Lipinski definition) is 2. The summed E-state index contributed by atoms with van der Waals surface area (Å²) in [5.41, 5.74) is 0.211. The number of halogens is 1. The lowest BCUT2D eigenvalue weighted by Crippen LogP contribution is -2.50. The number of aliphatic carboxylic acids is 1. The Labute approximate surface area is 185 Å². The molecule has 172 valence electrons. The fourth-order valence-electron chi connectivity index (χ4n) is 5.42. The molecule has 1 aromatic rings. The van der Waals surface area contributed by atoms with Crippen LogP contribution in [0, 0.1) is 16.6 Å². The molecule has 1 aromatic heterocycles. The van der Waals surface area contributed by atoms with Crippen molar-refractivity contribution in [3.8, 4) is 0 Å². The van der Waals surface area contributed by atoms with E-state index in [2.05, 4.69) is 10.4 Å². The van der Waals surface area contributed by atoms with Gasteiger partial charge in [0.15, 0.2) is 5.82 Å². The normalized spacial score (nSPS) is 26.8. The minimum absolute atomic E-state index is 0.00101. The molecule has 2 N–H and O–H groups in total. The van der Waals surface area contributed by atoms with Crippen LogP contribution in [0.15, 0.2) is 23.4 Å². The molecule has 5 rings (SSSR count). The molecule has 0 saturated heterocycles. The van der Waals surface area contributed by atoms with Gasteiger partial charge in [-0.3, -0.25) is 9.59 Å². The van der Waals surface area contributed by atoms with Crippen LogP contribution in [0.4, 0.5) is 4.39 Å². The lowest BCUT2D eigenvalue weighted by Gasteiger charge is -2.51. The molecule has 0 aromatic carbocycles. The lowest BCUT2D eigenvalue weighted by molar-refractivity contribution is -0.162. The number of amides is 1. The number of esters is 1. The minimum Gasteiger partial charge on any atom is -0.478 e. The molecule has 0 atom stereocenters. The second-order valence-corrected chi connectivity index (χ2v) is 9.19. The average Bonchev–Trinajstić information content (AvgIpc) is 3.07. The Morgan fingerprint density at radius 3 is 2.44 bits per heavy atom. The third-order valence-corrected chi connectivity index (χ3v) is 7.62. The number of carboxylic acid groups (broad SMARTS) is 1. The van der Waals surface area contributed by atoms with Crippen molar-refractivity contribution in [2.24, 2.45) is 10.8 Å². The molecule has 0 spiro atoms. The number of carbonyl (C=O) groups is 3. The maximum absolute atomic E-state index is 14.4. The van der Waals surface area contributed by atoms with Crippen molar-refractivity contribution in [1.29, 1.82) is 0 Å². The van der Waals surface area contributed by atoms with Gasteiger partial charge in [0.05, 0.1) is 30.0 Å². The first-order valence-corrected chi connectivity index (χ1v) is 11.0. The molecule has 1 aliphatic heterocycles. The van der Waals surface area contributed by atoms with E-state index in [1.807, 2.05) is 0 Å². The van der Waals surface area contributed by atoms with Gasteiger partial charge in [-0.15, -0.1) is 0 Å². The van der Waals surface area contributed by atoms with Crippen LogP contribution in [0.1, 0.15) is 57.6 Å². The maximum atomic E-state index is 14.4. The standard InChI is InChI=1S/C23H28FN3O5/c1-3-14-10-17-16(24)12-26-27(17)18(11-15(14)20(29)30)19(28)25-13-22-4-7-23(8-5-22,9-6-22)21(31)32-2/h11-12H,3-10,13H2,1-2H3,(H,25,28)(H,29,30). The van der Waals surface area contributed by atoms with Crippen molar-refractivity contribution < 1.29 is 28.6 Å². The van der Waals surface area contributed by atoms with Crippen molar-refractivity contribution in [3.05, 3.63) is 34.9 Å². The van der Waals surface area contributed by atoms with Crippen molar-refractivity contribution in [1.82, 2.24) is 15.1 Å². The van der Waals surface area contributed by atoms with Crippen LogP contribution >= 0.6 is 0 Å². The first-order chi connectivity index (χ1) is 15.2. The smallest absolute Gasteiger partial charge is 0.335 e. The quantitative estimate of drug-likeness (QED) is 0.652. The molecule has 0 unspecified atom stereocenters. The van der Waals surface area contributed by atoms with Gasteiger partial charge in [-0.25, -0.2) is 13.9 Å². The Kier molecular flexibility index (Phi) is 5.68. The van der Waals surface area contributed by atoms with E-state index in [0.29, 0.717) is 18.5 Å². The van der Waals surface area contributed by atoms with E-state index in [9.17, 15) is 23.9 Å². The Morgan fingerprint density at radius 2 is 1.88 bits per heavy atom. The summed E-state index contributed by atoms with van der Waals surface area (Å²) in [6.07, 6.45) is 7.47. The Bertz CT molecular complexity index is 1010. The molecule has 32 heavy (non-hydrogen) atoms. The summed E-state index contributed by atoms with van der Waals surface area (Å²) in [7, 11) is 1.42. The van der Waals surface area contributed by atoms with Crippen LogP contribution in [-0.4, -0.2) is 46.4 Å². The summed E-state index contributed by atoms with van der Waals surface area (Å²) in [6, 6.07) is 0. The van der Waals surface area contributed by atoms with E-state index >= 15 is 0 Å². The van der Waals surface area contributed by atoms with Crippen LogP contribution in [0.2, 0.25) is 0 Å². The number of methoxy groups -OCH3 is 1. The van der Waals surface area contributed by atoms with Gasteiger partial charge in [-0.05, 0) is 62.0 Å². The molecule has 0 radical (unpaired) electrons. The summed E-state index contributed by atoms with van der Waals surface area (Å²) >= 11 is 0. The highest BCUT2D eigenvalue weighted by Gasteiger charge is 2.53. The predicted molar refractivity (Wildman–Crippen MR) is 113 cm³/mol. The largest absolute Gasteiger partial charge is 0.478 e. The molecule has 3 fully saturated rings. The first-order valence-electron chi connectivity index (χ1n) is 11.0. The summed E-state index contributed by atoms with van der Waals surface area (Å²) in [6.45, 7) is 2.21. The van der Waals surface area contributed by atoms with E-state index in [0.717, 1.165) is 44.7 Å². The molecular weight excluding hydrogens is 417 g/mol. The zero-order chi connectivity index (χ0) is 23.1. The van der Waals surface area contributed by atoms with Gasteiger partial charge < -0.3 is 15.2 Å². The van der Waals surface area contributed by atoms with Crippen LogP contribution < -0.4 is 5.32 Å². The number of nitrogens with zero attached hydrogens (tertiary/aromatic N) is 2. The van der Waals surface area contributed by atoms with Crippen LogP contribution in [0.3, 0.4) is 0 Å². The van der Waals surface area contributed by atoms with Crippen molar-refractivity contribution in [2.45, 2.75) is 58.3 Å². The SMILES string of the molecule is CCC1=C(C(=O)O)C=C(C(=O)NCC23CCC(C(=O)OC)(CC2)CC3)n2ncc(F)c2C1. The highest BCUT2D eigenvalue weighted by atomic mass is 19.1. The summed E-state index contributed by atoms with van der Waals surface area (Å²) in [4.78, 5) is 37.2. The van der Waals surface area contributed by atoms with Gasteiger partial charge in [0, 0.05) is 13.0 Å². The molecule has 4 aliphatic rings. The van der Waals surface area contributed by atoms with E-state index in [-0.39, 0.29) is 34.8 Å². The highest BCUT2D eigenvalue weighted by molar-refractivity contribution is 6.15. The van der Waals surface area contributed by atoms with Crippen LogP contribution in [0.5, 0.6) is 0 Å². The van der Waals surface area contributed by atoms with Gasteiger partial charge >= 0.3 is 11.9 Å². The number of ether oxygens (including phenoxy) is 1. The van der Waals surface area contributed by atoms with Crippen LogP contribution in [0.25, 0.3) is 5.70 Å². The molecule has 2 heterocycles. The number of carbonyl (C=O) groups excluding carboxylic acids is 2. The summed E-state index contributed by atoms with van der Waals surface area (Å²) < 4.78 is 20.6. The molecule has 3 aliphatic carbocycles. The molecular formula is C23H28FN3O5. The number of nitrogens with one attached hydrogen (secondary N) is 1. The molecule has 1 amide bonds. The monoisotopic (exact) mass is 445 g/mol. The van der Waals surface area contributed by atoms with Gasteiger partial charge in [-0.1, -0.05) is 6.92 Å². The van der Waals surface area contributed by atoms with E-state index in [1.165, 1.54) is 17.9 Å². The summed E-state index contributed by atoms with van der Waals surface area (Å²) in [5, 5.41) is 16.6. The molecule has 2 bridgehead atoms. The van der Waals surface area contributed by atoms with Crippen molar-refractivity contribution >= 4 is 23.5 Å². The topological polar surface area (TPSA) is 111 Å². The van der Waals surface area contributed by atoms with Gasteiger partial charge in [0.2, 0.25) is 0 Å². The van der Waals surface area contributed by atoms with Gasteiger partial charge in [-0.2, -0.15) is 5.10 Å². The number of allylic oxidation sites excluding steroid dienone is 1.